The molecule has 1 amide bonds. The van der Waals surface area contributed by atoms with Gasteiger partial charge >= 0.3 is 12.1 Å². The highest BCUT2D eigenvalue weighted by molar-refractivity contribution is 5.85. The van der Waals surface area contributed by atoms with Crippen molar-refractivity contribution >= 4 is 17.7 Å². The van der Waals surface area contributed by atoms with Crippen LogP contribution in [0.4, 0.5) is 10.5 Å². The summed E-state index contributed by atoms with van der Waals surface area (Å²) in [4.78, 5) is 23.9. The number of carbonyl (C=O) groups excluding carboxylic acids is 2. The minimum atomic E-state index is -0.587. The van der Waals surface area contributed by atoms with E-state index in [4.69, 9.17) is 9.47 Å². The van der Waals surface area contributed by atoms with Gasteiger partial charge in [-0.05, 0) is 58.2 Å². The first-order valence-electron chi connectivity index (χ1n) is 8.60. The summed E-state index contributed by atoms with van der Waals surface area (Å²) in [5.74, 6) is -0.310. The zero-order valence-electron chi connectivity index (χ0n) is 16.0. The first-order chi connectivity index (χ1) is 12.0. The predicted octanol–water partition coefficient (Wildman–Crippen LogP) is 4.16. The van der Waals surface area contributed by atoms with E-state index in [0.29, 0.717) is 18.5 Å². The van der Waals surface area contributed by atoms with E-state index in [0.717, 1.165) is 5.56 Å². The topological polar surface area (TPSA) is 88.4 Å². The monoisotopic (exact) mass is 358 g/mol. The minimum absolute atomic E-state index is 0.205. The van der Waals surface area contributed by atoms with Gasteiger partial charge in [-0.15, -0.1) is 0 Å². The Morgan fingerprint density at radius 3 is 2.50 bits per heavy atom. The molecule has 0 saturated heterocycles. The number of hydrogen-bond acceptors (Lipinski definition) is 5. The maximum absolute atomic E-state index is 12.0. The summed E-state index contributed by atoms with van der Waals surface area (Å²) < 4.78 is 10.1. The summed E-state index contributed by atoms with van der Waals surface area (Å²) in [5, 5.41) is 12.1. The summed E-state index contributed by atoms with van der Waals surface area (Å²) in [6.07, 6.45) is 0.812. The van der Waals surface area contributed by atoms with Gasteiger partial charge in [-0.3, -0.25) is 10.1 Å². The van der Waals surface area contributed by atoms with E-state index in [1.54, 1.807) is 26.8 Å². The number of nitriles is 1. The quantitative estimate of drug-likeness (QED) is 0.817. The number of anilines is 1. The summed E-state index contributed by atoms with van der Waals surface area (Å²) in [5.41, 5.74) is -0.00177. The first kappa shape index (κ1) is 19.8. The molecule has 1 N–H and O–H groups in total. The molecule has 0 unspecified atom stereocenters. The molecule has 1 saturated carbocycles. The third-order valence-electron chi connectivity index (χ3n) is 4.56. The van der Waals surface area contributed by atoms with Crippen molar-refractivity contribution in [2.75, 3.05) is 12.4 Å². The number of nitrogens with zero attached hydrogens (tertiary/aromatic N) is 1. The van der Waals surface area contributed by atoms with Crippen LogP contribution in [-0.2, 0) is 19.7 Å². The van der Waals surface area contributed by atoms with Crippen molar-refractivity contribution < 1.29 is 19.1 Å². The fourth-order valence-corrected chi connectivity index (χ4v) is 3.65. The molecular formula is C20H26N2O4. The molecule has 0 heterocycles. The maximum atomic E-state index is 12.0. The highest BCUT2D eigenvalue weighted by atomic mass is 16.6. The number of hydrogen-bond donors (Lipinski definition) is 1. The lowest BCUT2D eigenvalue weighted by Crippen LogP contribution is -2.48. The van der Waals surface area contributed by atoms with Gasteiger partial charge < -0.3 is 9.47 Å². The molecule has 0 aliphatic heterocycles. The highest BCUT2D eigenvalue weighted by Crippen LogP contribution is 2.57. The Balaban J connectivity index is 2.24. The van der Waals surface area contributed by atoms with Crippen molar-refractivity contribution in [3.63, 3.8) is 0 Å². The highest BCUT2D eigenvalue weighted by Gasteiger charge is 2.54. The molecule has 6 nitrogen and oxygen atoms in total. The van der Waals surface area contributed by atoms with Crippen molar-refractivity contribution in [1.29, 1.82) is 5.26 Å². The Labute approximate surface area is 154 Å². The van der Waals surface area contributed by atoms with Crippen LogP contribution in [-0.4, -0.2) is 24.8 Å². The van der Waals surface area contributed by atoms with E-state index in [1.165, 1.54) is 7.11 Å². The Kier molecular flexibility index (Phi) is 5.31. The van der Waals surface area contributed by atoms with Gasteiger partial charge in [0.15, 0.2) is 0 Å². The zero-order chi connectivity index (χ0) is 19.6. The number of nitrogens with one attached hydrogen (secondary N) is 1. The number of carbonyl (C=O) groups is 2. The Bertz CT molecular complexity index is 737. The van der Waals surface area contributed by atoms with E-state index in [-0.39, 0.29) is 12.4 Å². The van der Waals surface area contributed by atoms with Gasteiger partial charge in [0.05, 0.1) is 25.0 Å². The Hall–Kier alpha value is -2.55. The van der Waals surface area contributed by atoms with Crippen LogP contribution in [0, 0.1) is 16.7 Å². The summed E-state index contributed by atoms with van der Waals surface area (Å²) in [6, 6.07) is 9.67. The molecule has 1 aromatic carbocycles. The molecule has 0 radical (unpaired) electrons. The summed E-state index contributed by atoms with van der Waals surface area (Å²) >= 11 is 0. The average Bonchev–Trinajstić information content (AvgIpc) is 2.51. The largest absolute Gasteiger partial charge is 0.469 e. The Morgan fingerprint density at radius 1 is 1.31 bits per heavy atom. The van der Waals surface area contributed by atoms with Crippen LogP contribution in [0.2, 0.25) is 0 Å². The number of rotatable bonds is 4. The van der Waals surface area contributed by atoms with Crippen molar-refractivity contribution in [2.24, 2.45) is 5.41 Å². The lowest BCUT2D eigenvalue weighted by atomic mass is 9.50. The third kappa shape index (κ3) is 4.54. The lowest BCUT2D eigenvalue weighted by Gasteiger charge is -2.51. The number of esters is 1. The van der Waals surface area contributed by atoms with E-state index in [9.17, 15) is 14.9 Å². The van der Waals surface area contributed by atoms with E-state index < -0.39 is 22.5 Å². The van der Waals surface area contributed by atoms with Gasteiger partial charge in [-0.1, -0.05) is 12.1 Å². The number of ether oxygens (including phenoxy) is 2. The fourth-order valence-electron chi connectivity index (χ4n) is 3.65. The van der Waals surface area contributed by atoms with Crippen molar-refractivity contribution in [3.8, 4) is 6.07 Å². The Morgan fingerprint density at radius 2 is 1.96 bits per heavy atom. The molecular weight excluding hydrogens is 332 g/mol. The molecule has 2 rings (SSSR count). The van der Waals surface area contributed by atoms with Crippen molar-refractivity contribution in [3.05, 3.63) is 29.8 Å². The second-order valence-electron chi connectivity index (χ2n) is 8.27. The van der Waals surface area contributed by atoms with Gasteiger partial charge in [0.2, 0.25) is 0 Å². The molecule has 0 spiro atoms. The molecule has 1 aliphatic rings. The molecule has 6 heteroatoms. The van der Waals surface area contributed by atoms with Crippen LogP contribution in [0.15, 0.2) is 24.3 Å². The second-order valence-corrected chi connectivity index (χ2v) is 8.27. The molecule has 0 bridgehead atoms. The van der Waals surface area contributed by atoms with Gasteiger partial charge in [0, 0.05) is 11.1 Å². The molecule has 1 aromatic rings. The van der Waals surface area contributed by atoms with Gasteiger partial charge in [-0.2, -0.15) is 5.26 Å². The smallest absolute Gasteiger partial charge is 0.412 e. The standard InChI is InChI=1S/C20H26N2O4/c1-18(2,3)26-17(24)22-15-8-6-7-14(9-15)20(10-16(23)25-5)11-19(4,12-20)13-21/h6-9H,10-12H2,1-5H3,(H,22,24). The van der Waals surface area contributed by atoms with E-state index >= 15 is 0 Å². The lowest BCUT2D eigenvalue weighted by molar-refractivity contribution is -0.144. The molecule has 1 aliphatic carbocycles. The van der Waals surface area contributed by atoms with E-state index in [1.807, 2.05) is 25.1 Å². The van der Waals surface area contributed by atoms with E-state index in [2.05, 4.69) is 11.4 Å². The molecule has 26 heavy (non-hydrogen) atoms. The van der Waals surface area contributed by atoms with Crippen molar-refractivity contribution in [2.45, 2.75) is 58.0 Å². The average molecular weight is 358 g/mol. The molecule has 1 fully saturated rings. The second kappa shape index (κ2) is 6.99. The van der Waals surface area contributed by atoms with Gasteiger partial charge in [0.1, 0.15) is 5.60 Å². The number of amides is 1. The van der Waals surface area contributed by atoms with Crippen LogP contribution in [0.3, 0.4) is 0 Å². The number of methoxy groups -OCH3 is 1. The molecule has 0 aromatic heterocycles. The normalized spacial score (nSPS) is 24.8. The first-order valence-corrected chi connectivity index (χ1v) is 8.60. The van der Waals surface area contributed by atoms with Crippen LogP contribution in [0.5, 0.6) is 0 Å². The van der Waals surface area contributed by atoms with Crippen LogP contribution < -0.4 is 5.32 Å². The zero-order valence-corrected chi connectivity index (χ0v) is 16.0. The predicted molar refractivity (Wildman–Crippen MR) is 97.6 cm³/mol. The molecule has 0 atom stereocenters. The molecule has 140 valence electrons. The van der Waals surface area contributed by atoms with Crippen LogP contribution in [0.1, 0.15) is 52.5 Å². The minimum Gasteiger partial charge on any atom is -0.469 e. The summed E-state index contributed by atoms with van der Waals surface area (Å²) in [7, 11) is 1.36. The van der Waals surface area contributed by atoms with Gasteiger partial charge in [-0.25, -0.2) is 4.79 Å². The van der Waals surface area contributed by atoms with Crippen LogP contribution in [0.25, 0.3) is 0 Å². The number of benzene rings is 1. The van der Waals surface area contributed by atoms with Gasteiger partial charge in [0.25, 0.3) is 0 Å². The third-order valence-corrected chi connectivity index (χ3v) is 4.56. The maximum Gasteiger partial charge on any atom is 0.412 e. The van der Waals surface area contributed by atoms with Crippen LogP contribution >= 0.6 is 0 Å². The summed E-state index contributed by atoms with van der Waals surface area (Å²) in [6.45, 7) is 7.29. The van der Waals surface area contributed by atoms with Crippen molar-refractivity contribution in [1.82, 2.24) is 0 Å². The fraction of sp³-hybridized carbons (Fsp3) is 0.550. The SMILES string of the molecule is COC(=O)CC1(c2cccc(NC(=O)OC(C)(C)C)c2)CC(C)(C#N)C1.